The third kappa shape index (κ3) is 6.59. The predicted octanol–water partition coefficient (Wildman–Crippen LogP) is 3.38. The van der Waals surface area contributed by atoms with Crippen molar-refractivity contribution in [3.05, 3.63) is 65.7 Å². The Morgan fingerprint density at radius 1 is 1.00 bits per heavy atom. The first-order chi connectivity index (χ1) is 12.2. The number of hydrogen-bond acceptors (Lipinski definition) is 3. The smallest absolute Gasteiger partial charge is 0.251 e. The van der Waals surface area contributed by atoms with E-state index in [9.17, 15) is 4.79 Å². The van der Waals surface area contributed by atoms with Crippen molar-refractivity contribution in [1.29, 1.82) is 0 Å². The van der Waals surface area contributed by atoms with Crippen molar-refractivity contribution in [2.75, 3.05) is 32.8 Å². The van der Waals surface area contributed by atoms with Gasteiger partial charge in [0, 0.05) is 25.1 Å². The zero-order chi connectivity index (χ0) is 17.9. The van der Waals surface area contributed by atoms with Gasteiger partial charge in [-0.05, 0) is 42.9 Å². The molecule has 0 aliphatic carbocycles. The second-order valence-corrected chi connectivity index (χ2v) is 5.89. The number of nitrogens with one attached hydrogen (secondary N) is 1. The summed E-state index contributed by atoms with van der Waals surface area (Å²) in [5, 5.41) is 2.96. The number of amides is 1. The first-order valence-electron chi connectivity index (χ1n) is 9.00. The number of likely N-dealkylation sites (N-methyl/N-ethyl adjacent to an activating group) is 1. The van der Waals surface area contributed by atoms with Gasteiger partial charge < -0.3 is 15.0 Å². The maximum absolute atomic E-state index is 12.1. The number of carbonyl (C=O) groups excluding carboxylic acids is 1. The maximum atomic E-state index is 12.1. The van der Waals surface area contributed by atoms with Crippen LogP contribution in [-0.4, -0.2) is 43.6 Å². The molecule has 0 aromatic heterocycles. The summed E-state index contributed by atoms with van der Waals surface area (Å²) in [7, 11) is 0. The summed E-state index contributed by atoms with van der Waals surface area (Å²) in [5.41, 5.74) is 1.92. The summed E-state index contributed by atoms with van der Waals surface area (Å²) in [4.78, 5) is 14.4. The summed E-state index contributed by atoms with van der Waals surface area (Å²) in [5.74, 6) is 0.749. The van der Waals surface area contributed by atoms with Crippen molar-refractivity contribution >= 4 is 5.91 Å². The lowest BCUT2D eigenvalue weighted by Gasteiger charge is -2.17. The van der Waals surface area contributed by atoms with Gasteiger partial charge in [-0.15, -0.1) is 0 Å². The Kier molecular flexibility index (Phi) is 7.99. The van der Waals surface area contributed by atoms with Gasteiger partial charge in [0.2, 0.25) is 0 Å². The Labute approximate surface area is 150 Å². The summed E-state index contributed by atoms with van der Waals surface area (Å²) >= 11 is 0. The van der Waals surface area contributed by atoms with Crippen LogP contribution in [0.2, 0.25) is 0 Å². The lowest BCUT2D eigenvalue weighted by Crippen LogP contribution is -2.34. The zero-order valence-electron chi connectivity index (χ0n) is 15.2. The molecule has 2 rings (SSSR count). The first kappa shape index (κ1) is 19.0. The molecule has 2 aromatic carbocycles. The topological polar surface area (TPSA) is 41.6 Å². The van der Waals surface area contributed by atoms with Crippen molar-refractivity contribution in [2.45, 2.75) is 20.3 Å². The third-order valence-electron chi connectivity index (χ3n) is 4.23. The van der Waals surface area contributed by atoms with Gasteiger partial charge >= 0.3 is 0 Å². The Morgan fingerprint density at radius 3 is 2.32 bits per heavy atom. The molecular formula is C21H28N2O2. The summed E-state index contributed by atoms with van der Waals surface area (Å²) in [6.07, 6.45) is 0.869. The summed E-state index contributed by atoms with van der Waals surface area (Å²) < 4.78 is 5.75. The minimum absolute atomic E-state index is 0.0389. The fourth-order valence-electron chi connectivity index (χ4n) is 2.60. The van der Waals surface area contributed by atoms with Crippen molar-refractivity contribution in [1.82, 2.24) is 10.2 Å². The Hall–Kier alpha value is -2.33. The molecule has 1 N–H and O–H groups in total. The largest absolute Gasteiger partial charge is 0.493 e. The molecule has 1 amide bonds. The van der Waals surface area contributed by atoms with E-state index in [4.69, 9.17) is 4.74 Å². The second-order valence-electron chi connectivity index (χ2n) is 5.89. The van der Waals surface area contributed by atoms with Crippen LogP contribution in [0.1, 0.15) is 29.8 Å². The van der Waals surface area contributed by atoms with E-state index in [1.54, 1.807) is 0 Å². The van der Waals surface area contributed by atoms with Crippen molar-refractivity contribution in [3.8, 4) is 5.75 Å². The molecule has 0 heterocycles. The maximum Gasteiger partial charge on any atom is 0.251 e. The zero-order valence-corrected chi connectivity index (χ0v) is 15.2. The molecule has 134 valence electrons. The van der Waals surface area contributed by atoms with Gasteiger partial charge in [-0.2, -0.15) is 0 Å². The minimum Gasteiger partial charge on any atom is -0.493 e. The molecule has 25 heavy (non-hydrogen) atoms. The molecule has 0 atom stereocenters. The predicted molar refractivity (Wildman–Crippen MR) is 102 cm³/mol. The van der Waals surface area contributed by atoms with Crippen molar-refractivity contribution in [3.63, 3.8) is 0 Å². The van der Waals surface area contributed by atoms with Gasteiger partial charge in [0.15, 0.2) is 0 Å². The van der Waals surface area contributed by atoms with E-state index in [2.05, 4.69) is 36.2 Å². The highest BCUT2D eigenvalue weighted by molar-refractivity contribution is 5.94. The molecule has 0 unspecified atom stereocenters. The van der Waals surface area contributed by atoms with E-state index < -0.39 is 0 Å². The molecule has 2 aromatic rings. The van der Waals surface area contributed by atoms with Gasteiger partial charge in [-0.25, -0.2) is 0 Å². The van der Waals surface area contributed by atoms with Crippen molar-refractivity contribution < 1.29 is 9.53 Å². The Morgan fingerprint density at radius 2 is 1.68 bits per heavy atom. The van der Waals surface area contributed by atoms with E-state index in [1.165, 1.54) is 5.56 Å². The summed E-state index contributed by atoms with van der Waals surface area (Å²) in [6, 6.07) is 17.6. The molecule has 0 spiro atoms. The highest BCUT2D eigenvalue weighted by atomic mass is 16.5. The SMILES string of the molecule is CCN(CC)CCNC(=O)c1ccc(OCCc2ccccc2)cc1. The van der Waals surface area contributed by atoms with Crippen LogP contribution in [0.15, 0.2) is 54.6 Å². The highest BCUT2D eigenvalue weighted by Crippen LogP contribution is 2.13. The number of carbonyl (C=O) groups is 1. The number of benzene rings is 2. The van der Waals surface area contributed by atoms with Crippen LogP contribution in [0, 0.1) is 0 Å². The van der Waals surface area contributed by atoms with Crippen LogP contribution in [0.3, 0.4) is 0 Å². The van der Waals surface area contributed by atoms with Gasteiger partial charge in [0.25, 0.3) is 5.91 Å². The minimum atomic E-state index is -0.0389. The van der Waals surface area contributed by atoms with E-state index >= 15 is 0 Å². The molecule has 0 aliphatic heterocycles. The van der Waals surface area contributed by atoms with Crippen molar-refractivity contribution in [2.24, 2.45) is 0 Å². The van der Waals surface area contributed by atoms with Gasteiger partial charge in [0.1, 0.15) is 5.75 Å². The summed E-state index contributed by atoms with van der Waals surface area (Å²) in [6.45, 7) is 8.42. The van der Waals surface area contributed by atoms with E-state index in [0.29, 0.717) is 18.7 Å². The molecule has 4 nitrogen and oxygen atoms in total. The normalized spacial score (nSPS) is 10.7. The van der Waals surface area contributed by atoms with E-state index in [0.717, 1.165) is 31.8 Å². The van der Waals surface area contributed by atoms with Gasteiger partial charge in [0.05, 0.1) is 6.61 Å². The lowest BCUT2D eigenvalue weighted by molar-refractivity contribution is 0.0949. The molecule has 0 saturated carbocycles. The standard InChI is InChI=1S/C21H28N2O2/c1-3-23(4-2)16-15-22-21(24)19-10-12-20(13-11-19)25-17-14-18-8-6-5-7-9-18/h5-13H,3-4,14-17H2,1-2H3,(H,22,24). The molecule has 4 heteroatoms. The average molecular weight is 340 g/mol. The third-order valence-corrected chi connectivity index (χ3v) is 4.23. The number of rotatable bonds is 10. The number of ether oxygens (including phenoxy) is 1. The van der Waals surface area contributed by atoms with Crippen LogP contribution >= 0.6 is 0 Å². The molecule has 0 radical (unpaired) electrons. The van der Waals surface area contributed by atoms with Gasteiger partial charge in [-0.1, -0.05) is 44.2 Å². The van der Waals surface area contributed by atoms with E-state index in [-0.39, 0.29) is 5.91 Å². The molecule has 0 aliphatic rings. The average Bonchev–Trinajstić information content (AvgIpc) is 2.66. The Balaban J connectivity index is 1.74. The lowest BCUT2D eigenvalue weighted by atomic mass is 10.2. The first-order valence-corrected chi connectivity index (χ1v) is 9.00. The van der Waals surface area contributed by atoms with E-state index in [1.807, 2.05) is 42.5 Å². The highest BCUT2D eigenvalue weighted by Gasteiger charge is 2.06. The van der Waals surface area contributed by atoms with Crippen LogP contribution in [0.5, 0.6) is 5.75 Å². The van der Waals surface area contributed by atoms with Crippen LogP contribution in [0.25, 0.3) is 0 Å². The molecule has 0 bridgehead atoms. The fourth-order valence-corrected chi connectivity index (χ4v) is 2.60. The monoisotopic (exact) mass is 340 g/mol. The van der Waals surface area contributed by atoms with Crippen LogP contribution in [0.4, 0.5) is 0 Å². The number of nitrogens with zero attached hydrogens (tertiary/aromatic N) is 1. The Bertz CT molecular complexity index is 622. The quantitative estimate of drug-likeness (QED) is 0.721. The molecule has 0 saturated heterocycles. The second kappa shape index (κ2) is 10.5. The number of hydrogen-bond donors (Lipinski definition) is 1. The molecular weight excluding hydrogens is 312 g/mol. The molecule has 0 fully saturated rings. The van der Waals surface area contributed by atoms with Gasteiger partial charge in [-0.3, -0.25) is 4.79 Å². The fraction of sp³-hybridized carbons (Fsp3) is 0.381. The van der Waals surface area contributed by atoms with Crippen LogP contribution in [-0.2, 0) is 6.42 Å². The van der Waals surface area contributed by atoms with Crippen LogP contribution < -0.4 is 10.1 Å².